The monoisotopic (exact) mass is 369 g/mol. The summed E-state index contributed by atoms with van der Waals surface area (Å²) in [5.41, 5.74) is 1.54. The van der Waals surface area contributed by atoms with E-state index >= 15 is 0 Å². The molecule has 0 bridgehead atoms. The van der Waals surface area contributed by atoms with Gasteiger partial charge in [-0.2, -0.15) is 4.52 Å². The number of hydrogen-bond donors (Lipinski definition) is 1. The third-order valence-electron chi connectivity index (χ3n) is 4.47. The van der Waals surface area contributed by atoms with Gasteiger partial charge >= 0.3 is 0 Å². The Morgan fingerprint density at radius 3 is 2.96 bits per heavy atom. The molecule has 1 fully saturated rings. The Kier molecular flexibility index (Phi) is 4.42. The molecule has 2 aromatic heterocycles. The standard InChI is InChI=1S/C18H19N5O2S/c1-12-10-15(24)23-17(20-12)26-18(21-23)22-9-5-8-14(22)16(25)19-11-13-6-3-2-4-7-13/h2-4,6-7,10,14H,5,8-9,11H2,1H3,(H,19,25). The van der Waals surface area contributed by atoms with Gasteiger partial charge in [0, 0.05) is 24.8 Å². The smallest absolute Gasteiger partial charge is 0.275 e. The van der Waals surface area contributed by atoms with Crippen LogP contribution in [-0.2, 0) is 11.3 Å². The minimum atomic E-state index is -0.268. The molecular weight excluding hydrogens is 350 g/mol. The fourth-order valence-electron chi connectivity index (χ4n) is 3.20. The van der Waals surface area contributed by atoms with E-state index in [9.17, 15) is 9.59 Å². The van der Waals surface area contributed by atoms with Crippen molar-refractivity contribution in [1.29, 1.82) is 0 Å². The lowest BCUT2D eigenvalue weighted by Gasteiger charge is -2.22. The van der Waals surface area contributed by atoms with Crippen molar-refractivity contribution in [2.75, 3.05) is 11.4 Å². The number of aromatic nitrogens is 3. The average molecular weight is 369 g/mol. The van der Waals surface area contributed by atoms with Crippen molar-refractivity contribution >= 4 is 27.3 Å². The largest absolute Gasteiger partial charge is 0.350 e. The second-order valence-electron chi connectivity index (χ2n) is 6.37. The van der Waals surface area contributed by atoms with Crippen LogP contribution in [0.3, 0.4) is 0 Å². The van der Waals surface area contributed by atoms with E-state index < -0.39 is 0 Å². The molecule has 4 rings (SSSR count). The zero-order valence-corrected chi connectivity index (χ0v) is 15.2. The average Bonchev–Trinajstić information content (AvgIpc) is 3.27. The van der Waals surface area contributed by atoms with E-state index in [2.05, 4.69) is 15.4 Å². The van der Waals surface area contributed by atoms with Gasteiger partial charge < -0.3 is 10.2 Å². The molecule has 1 atom stereocenters. The maximum absolute atomic E-state index is 12.7. The van der Waals surface area contributed by atoms with E-state index in [0.29, 0.717) is 22.3 Å². The quantitative estimate of drug-likeness (QED) is 0.758. The maximum Gasteiger partial charge on any atom is 0.275 e. The molecular formula is C18H19N5O2S. The molecule has 1 aliphatic rings. The zero-order valence-electron chi connectivity index (χ0n) is 14.4. The lowest BCUT2D eigenvalue weighted by atomic mass is 10.2. The summed E-state index contributed by atoms with van der Waals surface area (Å²) in [6.45, 7) is 3.04. The van der Waals surface area contributed by atoms with Crippen LogP contribution in [0.2, 0.25) is 0 Å². The first-order valence-electron chi connectivity index (χ1n) is 8.57. The molecule has 0 spiro atoms. The summed E-state index contributed by atoms with van der Waals surface area (Å²) in [7, 11) is 0. The van der Waals surface area contributed by atoms with Crippen LogP contribution in [0.25, 0.3) is 4.96 Å². The normalized spacial score (nSPS) is 17.0. The molecule has 1 aromatic carbocycles. The minimum absolute atomic E-state index is 0.0119. The van der Waals surface area contributed by atoms with Crippen LogP contribution in [-0.4, -0.2) is 33.1 Å². The summed E-state index contributed by atoms with van der Waals surface area (Å²) >= 11 is 1.35. The van der Waals surface area contributed by atoms with Crippen LogP contribution in [0.1, 0.15) is 24.1 Å². The third-order valence-corrected chi connectivity index (χ3v) is 5.42. The van der Waals surface area contributed by atoms with Gasteiger partial charge in [0.15, 0.2) is 0 Å². The zero-order chi connectivity index (χ0) is 18.1. The Morgan fingerprint density at radius 1 is 1.35 bits per heavy atom. The predicted molar refractivity (Wildman–Crippen MR) is 101 cm³/mol. The Bertz CT molecular complexity index is 998. The van der Waals surface area contributed by atoms with Gasteiger partial charge in [-0.25, -0.2) is 4.98 Å². The molecule has 26 heavy (non-hydrogen) atoms. The Morgan fingerprint density at radius 2 is 2.15 bits per heavy atom. The summed E-state index contributed by atoms with van der Waals surface area (Å²) in [5.74, 6) is -0.0119. The summed E-state index contributed by atoms with van der Waals surface area (Å²) in [5, 5.41) is 8.06. The number of nitrogens with one attached hydrogen (secondary N) is 1. The van der Waals surface area contributed by atoms with Gasteiger partial charge in [0.2, 0.25) is 16.0 Å². The van der Waals surface area contributed by atoms with Crippen LogP contribution >= 0.6 is 11.3 Å². The molecule has 8 heteroatoms. The van der Waals surface area contributed by atoms with E-state index in [1.807, 2.05) is 35.2 Å². The highest BCUT2D eigenvalue weighted by atomic mass is 32.1. The van der Waals surface area contributed by atoms with Gasteiger partial charge in [-0.3, -0.25) is 9.59 Å². The van der Waals surface area contributed by atoms with Crippen molar-refractivity contribution in [2.24, 2.45) is 0 Å². The first-order chi connectivity index (χ1) is 12.6. The van der Waals surface area contributed by atoms with Crippen LogP contribution in [0.5, 0.6) is 0 Å². The molecule has 0 saturated carbocycles. The van der Waals surface area contributed by atoms with Crippen molar-refractivity contribution in [3.8, 4) is 0 Å². The van der Waals surface area contributed by atoms with Gasteiger partial charge in [-0.15, -0.1) is 5.10 Å². The van der Waals surface area contributed by atoms with Crippen molar-refractivity contribution < 1.29 is 4.79 Å². The maximum atomic E-state index is 12.7. The number of fused-ring (bicyclic) bond motifs is 1. The molecule has 1 amide bonds. The fraction of sp³-hybridized carbons (Fsp3) is 0.333. The van der Waals surface area contributed by atoms with E-state index in [1.54, 1.807) is 6.92 Å². The second-order valence-corrected chi connectivity index (χ2v) is 7.30. The number of carbonyl (C=O) groups excluding carboxylic acids is 1. The van der Waals surface area contributed by atoms with Crippen LogP contribution in [0.4, 0.5) is 5.13 Å². The van der Waals surface area contributed by atoms with E-state index in [0.717, 1.165) is 24.9 Å². The van der Waals surface area contributed by atoms with Gasteiger partial charge in [0.05, 0.1) is 0 Å². The molecule has 3 heterocycles. The van der Waals surface area contributed by atoms with E-state index in [4.69, 9.17) is 0 Å². The lowest BCUT2D eigenvalue weighted by molar-refractivity contribution is -0.122. The molecule has 1 saturated heterocycles. The highest BCUT2D eigenvalue weighted by Crippen LogP contribution is 2.29. The highest BCUT2D eigenvalue weighted by Gasteiger charge is 2.33. The van der Waals surface area contributed by atoms with E-state index in [1.165, 1.54) is 21.9 Å². The van der Waals surface area contributed by atoms with Gasteiger partial charge in [-0.05, 0) is 25.3 Å². The van der Waals surface area contributed by atoms with Crippen LogP contribution in [0, 0.1) is 6.92 Å². The predicted octanol–water partition coefficient (Wildman–Crippen LogP) is 1.74. The van der Waals surface area contributed by atoms with Gasteiger partial charge in [-0.1, -0.05) is 41.7 Å². The number of rotatable bonds is 4. The first-order valence-corrected chi connectivity index (χ1v) is 9.39. The van der Waals surface area contributed by atoms with Crippen LogP contribution < -0.4 is 15.8 Å². The van der Waals surface area contributed by atoms with Gasteiger partial charge in [0.1, 0.15) is 6.04 Å². The summed E-state index contributed by atoms with van der Waals surface area (Å²) in [4.78, 5) is 31.7. The number of carbonyl (C=O) groups is 1. The number of aryl methyl sites for hydroxylation is 1. The fourth-order valence-corrected chi connectivity index (χ4v) is 4.23. The van der Waals surface area contributed by atoms with Crippen LogP contribution in [0.15, 0.2) is 41.2 Å². The van der Waals surface area contributed by atoms with Crippen molar-refractivity contribution in [1.82, 2.24) is 19.9 Å². The number of benzene rings is 1. The Labute approximate surface area is 154 Å². The number of anilines is 1. The second kappa shape index (κ2) is 6.87. The lowest BCUT2D eigenvalue weighted by Crippen LogP contribution is -2.43. The molecule has 1 N–H and O–H groups in total. The molecule has 1 aliphatic heterocycles. The SMILES string of the molecule is Cc1cc(=O)n2nc(N3CCCC3C(=O)NCc3ccccc3)sc2n1. The number of amides is 1. The van der Waals surface area contributed by atoms with Gasteiger partial charge in [0.25, 0.3) is 5.56 Å². The molecule has 1 unspecified atom stereocenters. The number of nitrogens with zero attached hydrogens (tertiary/aromatic N) is 4. The highest BCUT2D eigenvalue weighted by molar-refractivity contribution is 7.20. The third kappa shape index (κ3) is 3.20. The minimum Gasteiger partial charge on any atom is -0.350 e. The molecule has 0 radical (unpaired) electrons. The summed E-state index contributed by atoms with van der Waals surface area (Å²) in [6, 6.07) is 11.0. The molecule has 0 aliphatic carbocycles. The molecule has 134 valence electrons. The Balaban J connectivity index is 1.54. The van der Waals surface area contributed by atoms with Crippen molar-refractivity contribution in [3.05, 3.63) is 58.0 Å². The topological polar surface area (TPSA) is 79.6 Å². The first kappa shape index (κ1) is 16.7. The Hall–Kier alpha value is -2.74. The molecule has 3 aromatic rings. The van der Waals surface area contributed by atoms with Crippen molar-refractivity contribution in [2.45, 2.75) is 32.4 Å². The number of hydrogen-bond acceptors (Lipinski definition) is 6. The van der Waals surface area contributed by atoms with E-state index in [-0.39, 0.29) is 17.5 Å². The summed E-state index contributed by atoms with van der Waals surface area (Å²) < 4.78 is 1.31. The summed E-state index contributed by atoms with van der Waals surface area (Å²) in [6.07, 6.45) is 1.69. The molecule has 7 nitrogen and oxygen atoms in total. The van der Waals surface area contributed by atoms with Crippen molar-refractivity contribution in [3.63, 3.8) is 0 Å².